The molecule has 0 saturated heterocycles. The van der Waals surface area contributed by atoms with Gasteiger partial charge < -0.3 is 5.73 Å². The molecule has 0 spiro atoms. The third kappa shape index (κ3) is 2.20. The van der Waals surface area contributed by atoms with Crippen LogP contribution >= 0.6 is 11.8 Å². The van der Waals surface area contributed by atoms with Crippen LogP contribution in [0.1, 0.15) is 0 Å². The minimum atomic E-state index is 0.471. The van der Waals surface area contributed by atoms with E-state index in [9.17, 15) is 0 Å². The zero-order chi connectivity index (χ0) is 9.80. The van der Waals surface area contributed by atoms with Crippen LogP contribution in [0, 0.1) is 0 Å². The van der Waals surface area contributed by atoms with Crippen LogP contribution < -0.4 is 5.73 Å². The number of hydrogen-bond acceptors (Lipinski definition) is 5. The van der Waals surface area contributed by atoms with E-state index in [2.05, 4.69) is 15.0 Å². The van der Waals surface area contributed by atoms with Crippen LogP contribution in [0.25, 0.3) is 0 Å². The normalized spacial score (nSPS) is 10.0. The molecular formula is C9H8N4S. The number of nitrogens with two attached hydrogens (primary N) is 1. The van der Waals surface area contributed by atoms with Gasteiger partial charge in [-0.05, 0) is 30.0 Å². The molecule has 0 aliphatic heterocycles. The van der Waals surface area contributed by atoms with Crippen molar-refractivity contribution in [1.29, 1.82) is 0 Å². The minimum absolute atomic E-state index is 0.471. The summed E-state index contributed by atoms with van der Waals surface area (Å²) >= 11 is 1.39. The molecule has 14 heavy (non-hydrogen) atoms. The third-order valence-corrected chi connectivity index (χ3v) is 2.32. The third-order valence-electron chi connectivity index (χ3n) is 1.49. The molecule has 0 bridgehead atoms. The van der Waals surface area contributed by atoms with E-state index < -0.39 is 0 Å². The van der Waals surface area contributed by atoms with Crippen molar-refractivity contribution in [1.82, 2.24) is 15.0 Å². The fourth-order valence-corrected chi connectivity index (χ4v) is 1.62. The topological polar surface area (TPSA) is 64.7 Å². The first-order valence-electron chi connectivity index (χ1n) is 4.02. The lowest BCUT2D eigenvalue weighted by Gasteiger charge is -1.98. The number of hydrogen-bond donors (Lipinski definition) is 1. The predicted molar refractivity (Wildman–Crippen MR) is 54.8 cm³/mol. The first-order valence-corrected chi connectivity index (χ1v) is 4.83. The van der Waals surface area contributed by atoms with E-state index in [4.69, 9.17) is 5.73 Å². The molecule has 2 N–H and O–H groups in total. The summed E-state index contributed by atoms with van der Waals surface area (Å²) in [6, 6.07) is 7.34. The number of pyridine rings is 1. The number of aromatic nitrogens is 3. The van der Waals surface area contributed by atoms with Crippen molar-refractivity contribution in [3.05, 3.63) is 36.7 Å². The lowest BCUT2D eigenvalue weighted by Crippen LogP contribution is -1.93. The first-order chi connectivity index (χ1) is 6.84. The van der Waals surface area contributed by atoms with Gasteiger partial charge >= 0.3 is 0 Å². The molecule has 2 aromatic rings. The summed E-state index contributed by atoms with van der Waals surface area (Å²) < 4.78 is 0. The second-order valence-corrected chi connectivity index (χ2v) is 3.52. The average Bonchev–Trinajstić information content (AvgIpc) is 2.19. The molecule has 2 heterocycles. The van der Waals surface area contributed by atoms with Crippen LogP contribution in [0.5, 0.6) is 0 Å². The average molecular weight is 204 g/mol. The highest BCUT2D eigenvalue weighted by atomic mass is 32.2. The number of anilines is 1. The van der Waals surface area contributed by atoms with Gasteiger partial charge in [0.25, 0.3) is 0 Å². The van der Waals surface area contributed by atoms with E-state index in [0.29, 0.717) is 11.0 Å². The Morgan fingerprint density at radius 3 is 2.71 bits per heavy atom. The predicted octanol–water partition coefficient (Wildman–Crippen LogP) is 1.60. The molecule has 5 heteroatoms. The maximum Gasteiger partial charge on any atom is 0.195 e. The smallest absolute Gasteiger partial charge is 0.195 e. The standard InChI is InChI=1S/C9H8N4S/c10-7-4-6-12-9(13-7)14-8-3-1-2-5-11-8/h1-6H,(H2,10,12,13). The molecule has 0 aliphatic rings. The van der Waals surface area contributed by atoms with Crippen molar-refractivity contribution in [2.45, 2.75) is 10.2 Å². The van der Waals surface area contributed by atoms with Gasteiger partial charge in [0.1, 0.15) is 10.8 Å². The van der Waals surface area contributed by atoms with Gasteiger partial charge in [0, 0.05) is 12.4 Å². The largest absolute Gasteiger partial charge is 0.384 e. The minimum Gasteiger partial charge on any atom is -0.384 e. The first kappa shape index (κ1) is 8.96. The molecule has 0 unspecified atom stereocenters. The van der Waals surface area contributed by atoms with Crippen LogP contribution in [0.4, 0.5) is 5.82 Å². The van der Waals surface area contributed by atoms with Crippen LogP contribution in [0.2, 0.25) is 0 Å². The van der Waals surface area contributed by atoms with Gasteiger partial charge in [0.05, 0.1) is 0 Å². The lowest BCUT2D eigenvalue weighted by atomic mass is 10.5. The van der Waals surface area contributed by atoms with E-state index in [1.54, 1.807) is 18.5 Å². The summed E-state index contributed by atoms with van der Waals surface area (Å²) in [6.45, 7) is 0. The van der Waals surface area contributed by atoms with E-state index in [-0.39, 0.29) is 0 Å². The summed E-state index contributed by atoms with van der Waals surface area (Å²) in [5.74, 6) is 0.471. The van der Waals surface area contributed by atoms with Crippen molar-refractivity contribution in [3.8, 4) is 0 Å². The molecule has 0 saturated carbocycles. The molecule has 0 aromatic carbocycles. The van der Waals surface area contributed by atoms with Crippen molar-refractivity contribution in [2.75, 3.05) is 5.73 Å². The summed E-state index contributed by atoms with van der Waals surface area (Å²) in [7, 11) is 0. The summed E-state index contributed by atoms with van der Waals surface area (Å²) in [6.07, 6.45) is 3.36. The van der Waals surface area contributed by atoms with Gasteiger partial charge in [-0.1, -0.05) is 6.07 Å². The van der Waals surface area contributed by atoms with Gasteiger partial charge in [0.15, 0.2) is 5.16 Å². The molecule has 70 valence electrons. The van der Waals surface area contributed by atoms with Crippen LogP contribution in [0.15, 0.2) is 46.8 Å². The molecule has 0 fully saturated rings. The van der Waals surface area contributed by atoms with Gasteiger partial charge in [-0.15, -0.1) is 0 Å². The fraction of sp³-hybridized carbons (Fsp3) is 0. The van der Waals surface area contributed by atoms with Crippen molar-refractivity contribution < 1.29 is 0 Å². The van der Waals surface area contributed by atoms with Crippen molar-refractivity contribution in [3.63, 3.8) is 0 Å². The number of rotatable bonds is 2. The molecule has 0 amide bonds. The van der Waals surface area contributed by atoms with E-state index in [0.717, 1.165) is 5.03 Å². The Kier molecular flexibility index (Phi) is 2.60. The van der Waals surface area contributed by atoms with Crippen LogP contribution in [0.3, 0.4) is 0 Å². The highest BCUT2D eigenvalue weighted by molar-refractivity contribution is 7.99. The second kappa shape index (κ2) is 4.06. The molecule has 2 rings (SSSR count). The summed E-state index contributed by atoms with van der Waals surface area (Å²) in [4.78, 5) is 12.3. The Balaban J connectivity index is 2.19. The molecule has 0 atom stereocenters. The van der Waals surface area contributed by atoms with E-state index in [1.807, 2.05) is 18.2 Å². The maximum atomic E-state index is 5.53. The Labute approximate surface area is 85.6 Å². The SMILES string of the molecule is Nc1ccnc(Sc2ccccn2)n1. The quantitative estimate of drug-likeness (QED) is 0.753. The second-order valence-electron chi connectivity index (χ2n) is 2.53. The molecule has 4 nitrogen and oxygen atoms in total. The molecule has 0 aliphatic carbocycles. The van der Waals surface area contributed by atoms with E-state index in [1.165, 1.54) is 11.8 Å². The zero-order valence-electron chi connectivity index (χ0n) is 7.29. The van der Waals surface area contributed by atoms with Crippen molar-refractivity contribution >= 4 is 17.6 Å². The van der Waals surface area contributed by atoms with Gasteiger partial charge in [0.2, 0.25) is 0 Å². The van der Waals surface area contributed by atoms with Crippen LogP contribution in [-0.4, -0.2) is 15.0 Å². The Hall–Kier alpha value is -1.62. The summed E-state index contributed by atoms with van der Waals surface area (Å²) in [5, 5.41) is 1.47. The number of nitrogen functional groups attached to an aromatic ring is 1. The lowest BCUT2D eigenvalue weighted by molar-refractivity contribution is 0.968. The zero-order valence-corrected chi connectivity index (χ0v) is 8.11. The van der Waals surface area contributed by atoms with Gasteiger partial charge in [-0.2, -0.15) is 0 Å². The molecule has 2 aromatic heterocycles. The Morgan fingerprint density at radius 1 is 1.07 bits per heavy atom. The van der Waals surface area contributed by atoms with E-state index >= 15 is 0 Å². The number of nitrogens with zero attached hydrogens (tertiary/aromatic N) is 3. The monoisotopic (exact) mass is 204 g/mol. The maximum absolute atomic E-state index is 5.53. The highest BCUT2D eigenvalue weighted by Gasteiger charge is 2.00. The van der Waals surface area contributed by atoms with Gasteiger partial charge in [-0.3, -0.25) is 0 Å². The summed E-state index contributed by atoms with van der Waals surface area (Å²) in [5.41, 5.74) is 5.53. The molecular weight excluding hydrogens is 196 g/mol. The van der Waals surface area contributed by atoms with Gasteiger partial charge in [-0.25, -0.2) is 15.0 Å². The molecule has 0 radical (unpaired) electrons. The van der Waals surface area contributed by atoms with Crippen LogP contribution in [-0.2, 0) is 0 Å². The Bertz CT molecular complexity index is 418. The van der Waals surface area contributed by atoms with Crippen molar-refractivity contribution in [2.24, 2.45) is 0 Å². The Morgan fingerprint density at radius 2 is 2.00 bits per heavy atom. The fourth-order valence-electron chi connectivity index (χ4n) is 0.904. The highest BCUT2D eigenvalue weighted by Crippen LogP contribution is 2.21.